The standard InChI is InChI=1S/C14H19N3O/c1-9-4-5-11(8-10(9)2)13-12(6-7-15)14(18)17(3)16-13/h4-5,8,16H,6-7,15H2,1-3H3. The summed E-state index contributed by atoms with van der Waals surface area (Å²) in [5.41, 5.74) is 10.7. The number of hydrogen-bond donors (Lipinski definition) is 2. The second kappa shape index (κ2) is 4.82. The molecule has 0 saturated carbocycles. The zero-order valence-electron chi connectivity index (χ0n) is 11.1. The monoisotopic (exact) mass is 245 g/mol. The molecule has 0 atom stereocenters. The molecule has 0 aliphatic rings. The smallest absolute Gasteiger partial charge is 0.270 e. The Hall–Kier alpha value is -1.81. The summed E-state index contributed by atoms with van der Waals surface area (Å²) in [7, 11) is 1.73. The zero-order valence-corrected chi connectivity index (χ0v) is 11.1. The number of aryl methyl sites for hydroxylation is 3. The lowest BCUT2D eigenvalue weighted by Crippen LogP contribution is -2.17. The van der Waals surface area contributed by atoms with Gasteiger partial charge in [-0.1, -0.05) is 12.1 Å². The van der Waals surface area contributed by atoms with Crippen LogP contribution in [0.15, 0.2) is 23.0 Å². The molecule has 0 unspecified atom stereocenters. The third-order valence-corrected chi connectivity index (χ3v) is 3.33. The quantitative estimate of drug-likeness (QED) is 0.860. The van der Waals surface area contributed by atoms with Crippen molar-refractivity contribution in [1.82, 2.24) is 9.78 Å². The van der Waals surface area contributed by atoms with Gasteiger partial charge in [0.1, 0.15) is 0 Å². The molecule has 0 bridgehead atoms. The van der Waals surface area contributed by atoms with E-state index in [2.05, 4.69) is 31.1 Å². The highest BCUT2D eigenvalue weighted by atomic mass is 16.1. The second-order valence-corrected chi connectivity index (χ2v) is 4.67. The van der Waals surface area contributed by atoms with Crippen molar-refractivity contribution >= 4 is 0 Å². The van der Waals surface area contributed by atoms with E-state index in [1.807, 2.05) is 6.07 Å². The van der Waals surface area contributed by atoms with Crippen LogP contribution in [0.3, 0.4) is 0 Å². The fourth-order valence-corrected chi connectivity index (χ4v) is 2.11. The SMILES string of the molecule is Cc1ccc(-c2[nH]n(C)c(=O)c2CCN)cc1C. The van der Waals surface area contributed by atoms with E-state index in [1.54, 1.807) is 7.05 Å². The molecule has 0 radical (unpaired) electrons. The Morgan fingerprint density at radius 1 is 1.28 bits per heavy atom. The van der Waals surface area contributed by atoms with Crippen LogP contribution >= 0.6 is 0 Å². The van der Waals surface area contributed by atoms with Gasteiger partial charge in [0.15, 0.2) is 0 Å². The number of aromatic nitrogens is 2. The third kappa shape index (κ3) is 2.11. The van der Waals surface area contributed by atoms with Crippen LogP contribution in [0.25, 0.3) is 11.3 Å². The lowest BCUT2D eigenvalue weighted by atomic mass is 10.0. The van der Waals surface area contributed by atoms with Gasteiger partial charge in [-0.15, -0.1) is 0 Å². The Balaban J connectivity index is 2.59. The largest absolute Gasteiger partial charge is 0.330 e. The average Bonchev–Trinajstić information content (AvgIpc) is 2.61. The molecule has 0 spiro atoms. The lowest BCUT2D eigenvalue weighted by Gasteiger charge is -2.05. The van der Waals surface area contributed by atoms with Crippen LogP contribution in [-0.2, 0) is 13.5 Å². The predicted octanol–water partition coefficient (Wildman–Crippen LogP) is 1.50. The summed E-state index contributed by atoms with van der Waals surface area (Å²) in [4.78, 5) is 12.0. The van der Waals surface area contributed by atoms with Crippen LogP contribution in [0.4, 0.5) is 0 Å². The summed E-state index contributed by atoms with van der Waals surface area (Å²) in [5, 5.41) is 3.11. The molecule has 96 valence electrons. The van der Waals surface area contributed by atoms with Crippen LogP contribution in [0.5, 0.6) is 0 Å². The maximum atomic E-state index is 12.0. The minimum atomic E-state index is 0.00804. The molecule has 0 saturated heterocycles. The first-order valence-corrected chi connectivity index (χ1v) is 6.10. The molecule has 18 heavy (non-hydrogen) atoms. The molecular weight excluding hydrogens is 226 g/mol. The van der Waals surface area contributed by atoms with Crippen molar-refractivity contribution < 1.29 is 0 Å². The summed E-state index contributed by atoms with van der Waals surface area (Å²) < 4.78 is 1.51. The first kappa shape index (κ1) is 12.6. The van der Waals surface area contributed by atoms with Gasteiger partial charge in [-0.3, -0.25) is 14.6 Å². The number of rotatable bonds is 3. The maximum absolute atomic E-state index is 12.0. The number of nitrogens with two attached hydrogens (primary N) is 1. The van der Waals surface area contributed by atoms with Crippen LogP contribution in [0, 0.1) is 13.8 Å². The molecule has 1 heterocycles. The summed E-state index contributed by atoms with van der Waals surface area (Å²) in [5.74, 6) is 0. The Bertz CT molecular complexity index is 622. The van der Waals surface area contributed by atoms with Crippen molar-refractivity contribution in [1.29, 1.82) is 0 Å². The molecule has 0 aliphatic heterocycles. The second-order valence-electron chi connectivity index (χ2n) is 4.67. The van der Waals surface area contributed by atoms with Gasteiger partial charge in [-0.2, -0.15) is 0 Å². The van der Waals surface area contributed by atoms with Gasteiger partial charge >= 0.3 is 0 Å². The fourth-order valence-electron chi connectivity index (χ4n) is 2.11. The van der Waals surface area contributed by atoms with E-state index >= 15 is 0 Å². The van der Waals surface area contributed by atoms with Gasteiger partial charge in [0.2, 0.25) is 0 Å². The van der Waals surface area contributed by atoms with Crippen molar-refractivity contribution in [3.05, 3.63) is 45.2 Å². The van der Waals surface area contributed by atoms with E-state index in [0.717, 1.165) is 16.8 Å². The van der Waals surface area contributed by atoms with E-state index in [1.165, 1.54) is 15.8 Å². The van der Waals surface area contributed by atoms with E-state index in [9.17, 15) is 4.79 Å². The molecule has 1 aromatic carbocycles. The molecule has 1 aromatic heterocycles. The highest BCUT2D eigenvalue weighted by Gasteiger charge is 2.13. The summed E-state index contributed by atoms with van der Waals surface area (Å²) >= 11 is 0. The Labute approximate surface area is 106 Å². The van der Waals surface area contributed by atoms with E-state index in [0.29, 0.717) is 13.0 Å². The van der Waals surface area contributed by atoms with Crippen LogP contribution in [0.2, 0.25) is 0 Å². The highest BCUT2D eigenvalue weighted by Crippen LogP contribution is 2.22. The molecular formula is C14H19N3O. The van der Waals surface area contributed by atoms with Gasteiger partial charge in [0, 0.05) is 18.2 Å². The van der Waals surface area contributed by atoms with Gasteiger partial charge < -0.3 is 5.73 Å². The third-order valence-electron chi connectivity index (χ3n) is 3.33. The van der Waals surface area contributed by atoms with Gasteiger partial charge in [-0.05, 0) is 44.0 Å². The molecule has 0 fully saturated rings. The fraction of sp³-hybridized carbons (Fsp3) is 0.357. The van der Waals surface area contributed by atoms with Gasteiger partial charge in [0.25, 0.3) is 5.56 Å². The minimum Gasteiger partial charge on any atom is -0.330 e. The van der Waals surface area contributed by atoms with Crippen LogP contribution in [-0.4, -0.2) is 16.3 Å². The number of H-pyrrole nitrogens is 1. The average molecular weight is 245 g/mol. The minimum absolute atomic E-state index is 0.00804. The van der Waals surface area contributed by atoms with Crippen LogP contribution < -0.4 is 11.3 Å². The van der Waals surface area contributed by atoms with Gasteiger partial charge in [0.05, 0.1) is 5.69 Å². The first-order valence-electron chi connectivity index (χ1n) is 6.10. The van der Waals surface area contributed by atoms with E-state index < -0.39 is 0 Å². The summed E-state index contributed by atoms with van der Waals surface area (Å²) in [6.45, 7) is 4.63. The normalized spacial score (nSPS) is 10.9. The van der Waals surface area contributed by atoms with Crippen molar-refractivity contribution in [2.24, 2.45) is 12.8 Å². The van der Waals surface area contributed by atoms with Crippen molar-refractivity contribution in [3.8, 4) is 11.3 Å². The number of benzene rings is 1. The molecule has 3 N–H and O–H groups in total. The maximum Gasteiger partial charge on any atom is 0.270 e. The van der Waals surface area contributed by atoms with Crippen molar-refractivity contribution in [2.45, 2.75) is 20.3 Å². The Morgan fingerprint density at radius 2 is 2.00 bits per heavy atom. The van der Waals surface area contributed by atoms with Crippen molar-refractivity contribution in [2.75, 3.05) is 6.54 Å². The van der Waals surface area contributed by atoms with Gasteiger partial charge in [-0.25, -0.2) is 0 Å². The molecule has 2 rings (SSSR count). The highest BCUT2D eigenvalue weighted by molar-refractivity contribution is 5.64. The predicted molar refractivity (Wildman–Crippen MR) is 73.7 cm³/mol. The Kier molecular flexibility index (Phi) is 3.39. The lowest BCUT2D eigenvalue weighted by molar-refractivity contribution is 0.739. The Morgan fingerprint density at radius 3 is 2.61 bits per heavy atom. The number of hydrogen-bond acceptors (Lipinski definition) is 2. The van der Waals surface area contributed by atoms with E-state index in [4.69, 9.17) is 5.73 Å². The summed E-state index contributed by atoms with van der Waals surface area (Å²) in [6, 6.07) is 6.20. The zero-order chi connectivity index (χ0) is 13.3. The van der Waals surface area contributed by atoms with Crippen LogP contribution in [0.1, 0.15) is 16.7 Å². The summed E-state index contributed by atoms with van der Waals surface area (Å²) in [6.07, 6.45) is 0.596. The van der Waals surface area contributed by atoms with E-state index in [-0.39, 0.29) is 5.56 Å². The van der Waals surface area contributed by atoms with Crippen molar-refractivity contribution in [3.63, 3.8) is 0 Å². The number of nitrogens with one attached hydrogen (secondary N) is 1. The molecule has 2 aromatic rings. The number of nitrogens with zero attached hydrogens (tertiary/aromatic N) is 1. The number of aromatic amines is 1. The molecule has 4 heteroatoms. The molecule has 4 nitrogen and oxygen atoms in total. The first-order chi connectivity index (χ1) is 8.54. The topological polar surface area (TPSA) is 63.8 Å². The molecule has 0 amide bonds. The molecule has 0 aliphatic carbocycles.